The third kappa shape index (κ3) is 1.47. The van der Waals surface area contributed by atoms with Crippen molar-refractivity contribution < 1.29 is 9.13 Å². The maximum Gasteiger partial charge on any atom is 0.125 e. The fourth-order valence-electron chi connectivity index (χ4n) is 1.18. The van der Waals surface area contributed by atoms with Crippen molar-refractivity contribution in [2.45, 2.75) is 19.0 Å². The van der Waals surface area contributed by atoms with Gasteiger partial charge in [-0.05, 0) is 13.3 Å². The van der Waals surface area contributed by atoms with Gasteiger partial charge in [-0.3, -0.25) is 0 Å². The lowest BCUT2D eigenvalue weighted by molar-refractivity contribution is 0.0916. The molecule has 60 valence electrons. The molecule has 0 aromatic heterocycles. The third-order valence-corrected chi connectivity index (χ3v) is 2.18. The topological polar surface area (TPSA) is 35.2 Å². The molecule has 2 atom stereocenters. The standard InChI is InChI=1S/C7H14FNO/c1-7(8,5-9)6-2-3-10-4-6/h6H,2-5,9H2,1H3. The van der Waals surface area contributed by atoms with Crippen LogP contribution in [0.1, 0.15) is 13.3 Å². The first-order valence-corrected chi connectivity index (χ1v) is 3.63. The van der Waals surface area contributed by atoms with Crippen molar-refractivity contribution in [3.8, 4) is 0 Å². The zero-order valence-corrected chi connectivity index (χ0v) is 6.27. The first kappa shape index (κ1) is 7.95. The van der Waals surface area contributed by atoms with Crippen LogP contribution in [0.3, 0.4) is 0 Å². The van der Waals surface area contributed by atoms with E-state index >= 15 is 0 Å². The second kappa shape index (κ2) is 2.84. The summed E-state index contributed by atoms with van der Waals surface area (Å²) < 4.78 is 18.4. The molecule has 1 aliphatic rings. The van der Waals surface area contributed by atoms with Crippen LogP contribution in [0.2, 0.25) is 0 Å². The van der Waals surface area contributed by atoms with Crippen molar-refractivity contribution in [3.63, 3.8) is 0 Å². The van der Waals surface area contributed by atoms with Crippen LogP contribution >= 0.6 is 0 Å². The van der Waals surface area contributed by atoms with Crippen LogP contribution in [0, 0.1) is 5.92 Å². The summed E-state index contributed by atoms with van der Waals surface area (Å²) >= 11 is 0. The van der Waals surface area contributed by atoms with Crippen molar-refractivity contribution in [1.82, 2.24) is 0 Å². The van der Waals surface area contributed by atoms with Crippen LogP contribution in [-0.2, 0) is 4.74 Å². The van der Waals surface area contributed by atoms with E-state index in [4.69, 9.17) is 10.5 Å². The summed E-state index contributed by atoms with van der Waals surface area (Å²) in [6, 6.07) is 0. The Bertz CT molecular complexity index is 110. The van der Waals surface area contributed by atoms with E-state index in [0.717, 1.165) is 6.42 Å². The lowest BCUT2D eigenvalue weighted by atomic mass is 9.90. The largest absolute Gasteiger partial charge is 0.381 e. The van der Waals surface area contributed by atoms with Gasteiger partial charge in [0, 0.05) is 19.1 Å². The quantitative estimate of drug-likeness (QED) is 0.624. The molecule has 2 nitrogen and oxygen atoms in total. The van der Waals surface area contributed by atoms with Crippen LogP contribution in [0.25, 0.3) is 0 Å². The molecule has 0 aromatic rings. The highest BCUT2D eigenvalue weighted by molar-refractivity contribution is 4.85. The second-order valence-corrected chi connectivity index (χ2v) is 3.04. The highest BCUT2D eigenvalue weighted by atomic mass is 19.1. The minimum absolute atomic E-state index is 0.0116. The van der Waals surface area contributed by atoms with E-state index in [1.54, 1.807) is 6.92 Å². The molecular formula is C7H14FNO. The monoisotopic (exact) mass is 147 g/mol. The SMILES string of the molecule is CC(F)(CN)C1CCOC1. The van der Waals surface area contributed by atoms with Crippen LogP contribution < -0.4 is 5.73 Å². The molecule has 0 amide bonds. The summed E-state index contributed by atoms with van der Waals surface area (Å²) in [7, 11) is 0. The lowest BCUT2D eigenvalue weighted by Gasteiger charge is -2.23. The van der Waals surface area contributed by atoms with Gasteiger partial charge < -0.3 is 10.5 Å². The smallest absolute Gasteiger partial charge is 0.125 e. The Morgan fingerprint density at radius 2 is 2.50 bits per heavy atom. The Kier molecular flexibility index (Phi) is 2.26. The summed E-state index contributed by atoms with van der Waals surface area (Å²) in [5.41, 5.74) is 4.03. The minimum Gasteiger partial charge on any atom is -0.381 e. The summed E-state index contributed by atoms with van der Waals surface area (Å²) in [6.07, 6.45) is 0.810. The number of rotatable bonds is 2. The van der Waals surface area contributed by atoms with Crippen molar-refractivity contribution in [1.29, 1.82) is 0 Å². The average molecular weight is 147 g/mol. The molecule has 1 rings (SSSR count). The zero-order valence-electron chi connectivity index (χ0n) is 6.27. The summed E-state index contributed by atoms with van der Waals surface area (Å²) in [4.78, 5) is 0. The van der Waals surface area contributed by atoms with E-state index in [0.29, 0.717) is 13.2 Å². The van der Waals surface area contributed by atoms with Crippen LogP contribution in [0.15, 0.2) is 0 Å². The molecular weight excluding hydrogens is 133 g/mol. The van der Waals surface area contributed by atoms with E-state index < -0.39 is 5.67 Å². The van der Waals surface area contributed by atoms with Crippen molar-refractivity contribution in [3.05, 3.63) is 0 Å². The lowest BCUT2D eigenvalue weighted by Crippen LogP contribution is -2.38. The number of alkyl halides is 1. The Labute approximate surface area is 60.5 Å². The fraction of sp³-hybridized carbons (Fsp3) is 1.00. The number of nitrogens with two attached hydrogens (primary N) is 1. The maximum absolute atomic E-state index is 13.3. The van der Waals surface area contributed by atoms with Gasteiger partial charge in [0.2, 0.25) is 0 Å². The van der Waals surface area contributed by atoms with Gasteiger partial charge in [0.05, 0.1) is 6.61 Å². The molecule has 1 heterocycles. The number of ether oxygens (including phenoxy) is 1. The molecule has 1 saturated heterocycles. The molecule has 1 aliphatic heterocycles. The molecule has 2 N–H and O–H groups in total. The van der Waals surface area contributed by atoms with Gasteiger partial charge in [0.1, 0.15) is 5.67 Å². The first-order chi connectivity index (χ1) is 4.67. The molecule has 2 unspecified atom stereocenters. The van der Waals surface area contributed by atoms with Crippen LogP contribution in [0.4, 0.5) is 4.39 Å². The third-order valence-electron chi connectivity index (χ3n) is 2.18. The second-order valence-electron chi connectivity index (χ2n) is 3.04. The van der Waals surface area contributed by atoms with E-state index in [2.05, 4.69) is 0 Å². The Morgan fingerprint density at radius 1 is 1.80 bits per heavy atom. The Balaban J connectivity index is 2.45. The van der Waals surface area contributed by atoms with Crippen LogP contribution in [0.5, 0.6) is 0 Å². The van der Waals surface area contributed by atoms with E-state index in [1.165, 1.54) is 0 Å². The molecule has 10 heavy (non-hydrogen) atoms. The number of hydrogen-bond acceptors (Lipinski definition) is 2. The van der Waals surface area contributed by atoms with Gasteiger partial charge >= 0.3 is 0 Å². The van der Waals surface area contributed by atoms with Gasteiger partial charge in [-0.2, -0.15) is 0 Å². The molecule has 0 spiro atoms. The summed E-state index contributed by atoms with van der Waals surface area (Å²) in [5.74, 6) is 0.0116. The molecule has 0 saturated carbocycles. The van der Waals surface area contributed by atoms with Gasteiger partial charge in [0.15, 0.2) is 0 Å². The first-order valence-electron chi connectivity index (χ1n) is 3.63. The van der Waals surface area contributed by atoms with Gasteiger partial charge in [-0.25, -0.2) is 4.39 Å². The van der Waals surface area contributed by atoms with Gasteiger partial charge in [-0.15, -0.1) is 0 Å². The molecule has 3 heteroatoms. The Hall–Kier alpha value is -0.150. The highest BCUT2D eigenvalue weighted by Crippen LogP contribution is 2.27. The molecule has 0 aliphatic carbocycles. The fourth-order valence-corrected chi connectivity index (χ4v) is 1.18. The maximum atomic E-state index is 13.3. The van der Waals surface area contributed by atoms with Crippen LogP contribution in [-0.4, -0.2) is 25.4 Å². The van der Waals surface area contributed by atoms with Crippen molar-refractivity contribution in [2.75, 3.05) is 19.8 Å². The number of hydrogen-bond donors (Lipinski definition) is 1. The summed E-state index contributed by atoms with van der Waals surface area (Å²) in [5, 5.41) is 0. The molecule has 0 bridgehead atoms. The van der Waals surface area contributed by atoms with E-state index in [-0.39, 0.29) is 12.5 Å². The highest BCUT2D eigenvalue weighted by Gasteiger charge is 2.35. The van der Waals surface area contributed by atoms with E-state index in [9.17, 15) is 4.39 Å². The molecule has 1 fully saturated rings. The van der Waals surface area contributed by atoms with Gasteiger partial charge in [0.25, 0.3) is 0 Å². The molecule has 0 aromatic carbocycles. The summed E-state index contributed by atoms with van der Waals surface area (Å²) in [6.45, 7) is 2.86. The minimum atomic E-state index is -1.23. The van der Waals surface area contributed by atoms with Crippen molar-refractivity contribution >= 4 is 0 Å². The van der Waals surface area contributed by atoms with E-state index in [1.807, 2.05) is 0 Å². The Morgan fingerprint density at radius 3 is 2.90 bits per heavy atom. The normalized spacial score (nSPS) is 32.1. The average Bonchev–Trinajstić information content (AvgIpc) is 2.38. The van der Waals surface area contributed by atoms with Crippen molar-refractivity contribution in [2.24, 2.45) is 11.7 Å². The number of halogens is 1. The predicted octanol–water partition coefficient (Wildman–Crippen LogP) is 0.710. The predicted molar refractivity (Wildman–Crippen MR) is 37.5 cm³/mol. The molecule has 0 radical (unpaired) electrons. The zero-order chi connectivity index (χ0) is 7.61. The van der Waals surface area contributed by atoms with Gasteiger partial charge in [-0.1, -0.05) is 0 Å².